The second-order valence-corrected chi connectivity index (χ2v) is 4.15. The molecule has 3 heteroatoms. The van der Waals surface area contributed by atoms with E-state index in [4.69, 9.17) is 11.5 Å². The zero-order valence-electron chi connectivity index (χ0n) is 9.20. The molecule has 0 atom stereocenters. The minimum absolute atomic E-state index is 0.0530. The molecular weight excluding hydrogens is 200 g/mol. The highest BCUT2D eigenvalue weighted by atomic mass is 16.1. The maximum absolute atomic E-state index is 12.1. The van der Waals surface area contributed by atoms with Crippen molar-refractivity contribution in [3.05, 3.63) is 35.4 Å². The van der Waals surface area contributed by atoms with Crippen LogP contribution in [-0.2, 0) is 0 Å². The fraction of sp³-hybridized carbons (Fsp3) is 0.308. The summed E-state index contributed by atoms with van der Waals surface area (Å²) in [7, 11) is 0. The third-order valence-electron chi connectivity index (χ3n) is 2.90. The molecule has 0 heterocycles. The summed E-state index contributed by atoms with van der Waals surface area (Å²) >= 11 is 0. The summed E-state index contributed by atoms with van der Waals surface area (Å²) in [6.07, 6.45) is 6.15. The van der Waals surface area contributed by atoms with Gasteiger partial charge in [-0.05, 0) is 49.5 Å². The van der Waals surface area contributed by atoms with E-state index in [9.17, 15) is 4.79 Å². The van der Waals surface area contributed by atoms with Gasteiger partial charge < -0.3 is 11.5 Å². The normalized spacial score (nSPS) is 15.6. The summed E-state index contributed by atoms with van der Waals surface area (Å²) in [4.78, 5) is 12.1. The van der Waals surface area contributed by atoms with Gasteiger partial charge in [0.2, 0.25) is 0 Å². The predicted octanol–water partition coefficient (Wildman–Crippen LogP) is 2.53. The quantitative estimate of drug-likeness (QED) is 0.589. The van der Waals surface area contributed by atoms with Gasteiger partial charge in [0.05, 0.1) is 0 Å². The lowest BCUT2D eigenvalue weighted by Gasteiger charge is -2.12. The van der Waals surface area contributed by atoms with E-state index in [1.54, 1.807) is 18.2 Å². The van der Waals surface area contributed by atoms with E-state index in [1.807, 2.05) is 6.08 Å². The predicted molar refractivity (Wildman–Crippen MR) is 66.1 cm³/mol. The topological polar surface area (TPSA) is 69.1 Å². The van der Waals surface area contributed by atoms with E-state index in [0.717, 1.165) is 24.8 Å². The van der Waals surface area contributed by atoms with Gasteiger partial charge in [-0.25, -0.2) is 0 Å². The van der Waals surface area contributed by atoms with Gasteiger partial charge in [0.15, 0.2) is 5.78 Å². The Hall–Kier alpha value is -1.77. The van der Waals surface area contributed by atoms with Crippen LogP contribution in [0.25, 0.3) is 0 Å². The van der Waals surface area contributed by atoms with Gasteiger partial charge >= 0.3 is 0 Å². The Labute approximate surface area is 95.1 Å². The molecule has 1 aliphatic rings. The van der Waals surface area contributed by atoms with Gasteiger partial charge in [-0.2, -0.15) is 0 Å². The van der Waals surface area contributed by atoms with Crippen LogP contribution in [0.5, 0.6) is 0 Å². The lowest BCUT2D eigenvalue weighted by Crippen LogP contribution is -2.09. The first kappa shape index (κ1) is 10.7. The number of nitrogen functional groups attached to an aromatic ring is 2. The molecule has 0 aliphatic heterocycles. The molecule has 0 fully saturated rings. The lowest BCUT2D eigenvalue weighted by molar-refractivity contribution is 0.102. The van der Waals surface area contributed by atoms with E-state index >= 15 is 0 Å². The van der Waals surface area contributed by atoms with Crippen LogP contribution < -0.4 is 11.5 Å². The molecule has 1 aromatic carbocycles. The average Bonchev–Trinajstić information content (AvgIpc) is 2.29. The number of benzene rings is 1. The third-order valence-corrected chi connectivity index (χ3v) is 2.90. The summed E-state index contributed by atoms with van der Waals surface area (Å²) in [6, 6.07) is 5.06. The Morgan fingerprint density at radius 3 is 2.62 bits per heavy atom. The van der Waals surface area contributed by atoms with Crippen molar-refractivity contribution in [3.63, 3.8) is 0 Å². The molecule has 0 unspecified atom stereocenters. The van der Waals surface area contributed by atoms with Crippen LogP contribution in [0.15, 0.2) is 29.8 Å². The second kappa shape index (κ2) is 4.39. The molecule has 2 rings (SSSR count). The van der Waals surface area contributed by atoms with Gasteiger partial charge in [0, 0.05) is 16.9 Å². The molecule has 4 N–H and O–H groups in total. The fourth-order valence-corrected chi connectivity index (χ4v) is 2.01. The molecule has 1 aliphatic carbocycles. The van der Waals surface area contributed by atoms with Crippen molar-refractivity contribution in [2.24, 2.45) is 0 Å². The maximum Gasteiger partial charge on any atom is 0.190 e. The van der Waals surface area contributed by atoms with E-state index in [2.05, 4.69) is 0 Å². The summed E-state index contributed by atoms with van der Waals surface area (Å²) in [5.41, 5.74) is 13.9. The van der Waals surface area contributed by atoms with Crippen LogP contribution in [0.1, 0.15) is 36.0 Å². The minimum Gasteiger partial charge on any atom is -0.399 e. The van der Waals surface area contributed by atoms with E-state index < -0.39 is 0 Å². The highest BCUT2D eigenvalue weighted by molar-refractivity contribution is 6.12. The first-order valence-electron chi connectivity index (χ1n) is 5.57. The number of ketones is 1. The van der Waals surface area contributed by atoms with Crippen LogP contribution in [0.4, 0.5) is 11.4 Å². The van der Waals surface area contributed by atoms with Crippen LogP contribution in [-0.4, -0.2) is 5.78 Å². The summed E-state index contributed by atoms with van der Waals surface area (Å²) < 4.78 is 0. The number of anilines is 2. The van der Waals surface area contributed by atoms with Crippen molar-refractivity contribution in [3.8, 4) is 0 Å². The number of hydrogen-bond donors (Lipinski definition) is 2. The number of hydrogen-bond acceptors (Lipinski definition) is 3. The van der Waals surface area contributed by atoms with Crippen molar-refractivity contribution in [1.29, 1.82) is 0 Å². The minimum atomic E-state index is 0.0530. The van der Waals surface area contributed by atoms with E-state index in [1.165, 1.54) is 6.42 Å². The Morgan fingerprint density at radius 2 is 2.00 bits per heavy atom. The zero-order valence-corrected chi connectivity index (χ0v) is 9.20. The molecule has 0 amide bonds. The molecule has 0 spiro atoms. The Balaban J connectivity index is 2.30. The summed E-state index contributed by atoms with van der Waals surface area (Å²) in [6.45, 7) is 0. The summed E-state index contributed by atoms with van der Waals surface area (Å²) in [5, 5.41) is 0. The van der Waals surface area contributed by atoms with Crippen molar-refractivity contribution in [2.45, 2.75) is 25.7 Å². The Kier molecular flexibility index (Phi) is 2.95. The third kappa shape index (κ3) is 2.08. The number of carbonyl (C=O) groups is 1. The monoisotopic (exact) mass is 216 g/mol. The highest BCUT2D eigenvalue weighted by Gasteiger charge is 2.16. The first-order chi connectivity index (χ1) is 7.68. The lowest BCUT2D eigenvalue weighted by atomic mass is 9.92. The van der Waals surface area contributed by atoms with Crippen molar-refractivity contribution < 1.29 is 4.79 Å². The van der Waals surface area contributed by atoms with Gasteiger partial charge in [0.25, 0.3) is 0 Å². The van der Waals surface area contributed by atoms with Crippen LogP contribution >= 0.6 is 0 Å². The average molecular weight is 216 g/mol. The highest BCUT2D eigenvalue weighted by Crippen LogP contribution is 2.24. The first-order valence-corrected chi connectivity index (χ1v) is 5.57. The van der Waals surface area contributed by atoms with Crippen LogP contribution in [0.2, 0.25) is 0 Å². The molecule has 84 valence electrons. The Morgan fingerprint density at radius 1 is 1.19 bits per heavy atom. The molecule has 0 saturated heterocycles. The summed E-state index contributed by atoms with van der Waals surface area (Å²) in [5.74, 6) is 0.0530. The number of allylic oxidation sites excluding steroid dienone is 2. The molecule has 0 saturated carbocycles. The molecule has 0 bridgehead atoms. The number of rotatable bonds is 2. The SMILES string of the molecule is Nc1ccc(C(=O)C2=CCCCC2)c(N)c1. The van der Waals surface area contributed by atoms with Crippen molar-refractivity contribution in [1.82, 2.24) is 0 Å². The molecule has 1 aromatic rings. The van der Waals surface area contributed by atoms with Gasteiger partial charge in [-0.15, -0.1) is 0 Å². The van der Waals surface area contributed by atoms with Crippen LogP contribution in [0, 0.1) is 0 Å². The van der Waals surface area contributed by atoms with Gasteiger partial charge in [0.1, 0.15) is 0 Å². The fourth-order valence-electron chi connectivity index (χ4n) is 2.01. The molecule has 3 nitrogen and oxygen atoms in total. The van der Waals surface area contributed by atoms with Gasteiger partial charge in [-0.1, -0.05) is 6.08 Å². The van der Waals surface area contributed by atoms with E-state index in [0.29, 0.717) is 16.9 Å². The largest absolute Gasteiger partial charge is 0.399 e. The van der Waals surface area contributed by atoms with Gasteiger partial charge in [-0.3, -0.25) is 4.79 Å². The van der Waals surface area contributed by atoms with Crippen molar-refractivity contribution >= 4 is 17.2 Å². The zero-order chi connectivity index (χ0) is 11.5. The van der Waals surface area contributed by atoms with Crippen molar-refractivity contribution in [2.75, 3.05) is 11.5 Å². The van der Waals surface area contributed by atoms with Crippen LogP contribution in [0.3, 0.4) is 0 Å². The molecule has 16 heavy (non-hydrogen) atoms. The molecule has 0 aromatic heterocycles. The van der Waals surface area contributed by atoms with E-state index in [-0.39, 0.29) is 5.78 Å². The Bertz CT molecular complexity index is 449. The number of nitrogens with two attached hydrogens (primary N) is 2. The maximum atomic E-state index is 12.1. The molecule has 0 radical (unpaired) electrons. The number of carbonyl (C=O) groups excluding carboxylic acids is 1. The molecular formula is C13H16N2O. The number of Topliss-reactive ketones (excluding diaryl/α,β-unsaturated/α-hetero) is 1. The second-order valence-electron chi connectivity index (χ2n) is 4.15. The standard InChI is InChI=1S/C13H16N2O/c14-10-6-7-11(12(15)8-10)13(16)9-4-2-1-3-5-9/h4,6-8H,1-3,5,14-15H2. The smallest absolute Gasteiger partial charge is 0.190 e.